The molecule has 1 amide bonds. The van der Waals surface area contributed by atoms with Crippen LogP contribution in [0.5, 0.6) is 0 Å². The second kappa shape index (κ2) is 7.66. The molecule has 0 spiro atoms. The molecule has 0 saturated carbocycles. The first kappa shape index (κ1) is 17.8. The summed E-state index contributed by atoms with van der Waals surface area (Å²) >= 11 is 0. The number of carbonyl (C=O) groups is 1. The molecule has 0 aromatic carbocycles. The molecule has 1 rings (SSSR count). The van der Waals surface area contributed by atoms with Crippen LogP contribution < -0.4 is 10.6 Å². The van der Waals surface area contributed by atoms with Gasteiger partial charge in [0.1, 0.15) is 0 Å². The molecule has 0 radical (unpaired) electrons. The summed E-state index contributed by atoms with van der Waals surface area (Å²) in [5, 5.41) is 6.78. The van der Waals surface area contributed by atoms with Crippen molar-refractivity contribution in [3.8, 4) is 0 Å². The predicted molar refractivity (Wildman–Crippen MR) is 88.4 cm³/mol. The number of nitrogens with zero attached hydrogens (tertiary/aromatic N) is 2. The van der Waals surface area contributed by atoms with Crippen molar-refractivity contribution >= 4 is 11.9 Å². The number of rotatable bonds is 4. The summed E-state index contributed by atoms with van der Waals surface area (Å²) in [7, 11) is 1.79. The van der Waals surface area contributed by atoms with Gasteiger partial charge < -0.3 is 15.5 Å². The van der Waals surface area contributed by atoms with Gasteiger partial charge in [-0.05, 0) is 18.3 Å². The van der Waals surface area contributed by atoms with Gasteiger partial charge in [0.25, 0.3) is 0 Å². The lowest BCUT2D eigenvalue weighted by atomic mass is 9.92. The van der Waals surface area contributed by atoms with Gasteiger partial charge in [0, 0.05) is 38.6 Å². The number of guanidine groups is 1. The molecule has 21 heavy (non-hydrogen) atoms. The van der Waals surface area contributed by atoms with E-state index in [0.29, 0.717) is 11.5 Å². The van der Waals surface area contributed by atoms with Crippen molar-refractivity contribution in [2.24, 2.45) is 16.3 Å². The smallest absolute Gasteiger partial charge is 0.225 e. The number of likely N-dealkylation sites (tertiary alicyclic amines) is 1. The number of carbonyl (C=O) groups excluding carboxylic acids is 1. The molecule has 1 fully saturated rings. The Morgan fingerprint density at radius 2 is 2.05 bits per heavy atom. The fourth-order valence-corrected chi connectivity index (χ4v) is 2.39. The van der Waals surface area contributed by atoms with E-state index in [1.165, 1.54) is 0 Å². The summed E-state index contributed by atoms with van der Waals surface area (Å²) < 4.78 is 0. The Morgan fingerprint density at radius 3 is 2.57 bits per heavy atom. The molecule has 5 nitrogen and oxygen atoms in total. The highest BCUT2D eigenvalue weighted by Crippen LogP contribution is 2.17. The van der Waals surface area contributed by atoms with E-state index in [1.54, 1.807) is 7.05 Å². The zero-order valence-corrected chi connectivity index (χ0v) is 14.5. The van der Waals surface area contributed by atoms with E-state index >= 15 is 0 Å². The fourth-order valence-electron chi connectivity index (χ4n) is 2.39. The normalized spacial score (nSPS) is 20.0. The molecule has 0 bridgehead atoms. The van der Waals surface area contributed by atoms with Crippen molar-refractivity contribution in [3.63, 3.8) is 0 Å². The maximum atomic E-state index is 12.0. The van der Waals surface area contributed by atoms with Crippen LogP contribution in [-0.4, -0.2) is 49.5 Å². The van der Waals surface area contributed by atoms with Gasteiger partial charge >= 0.3 is 0 Å². The van der Waals surface area contributed by atoms with Crippen LogP contribution in [0.3, 0.4) is 0 Å². The third kappa shape index (κ3) is 6.36. The summed E-state index contributed by atoms with van der Waals surface area (Å²) in [6, 6.07) is 0.300. The van der Waals surface area contributed by atoms with E-state index < -0.39 is 0 Å². The molecule has 2 N–H and O–H groups in total. The van der Waals surface area contributed by atoms with E-state index in [9.17, 15) is 4.79 Å². The van der Waals surface area contributed by atoms with E-state index in [2.05, 4.69) is 36.4 Å². The Bertz CT molecular complexity index is 371. The van der Waals surface area contributed by atoms with Crippen LogP contribution in [-0.2, 0) is 4.79 Å². The highest BCUT2D eigenvalue weighted by atomic mass is 16.2. The highest BCUT2D eigenvalue weighted by Gasteiger charge is 2.27. The van der Waals surface area contributed by atoms with E-state index in [4.69, 9.17) is 0 Å². The number of hydrogen-bond acceptors (Lipinski definition) is 2. The van der Waals surface area contributed by atoms with Crippen molar-refractivity contribution in [1.29, 1.82) is 0 Å². The summed E-state index contributed by atoms with van der Waals surface area (Å²) in [4.78, 5) is 18.2. The lowest BCUT2D eigenvalue weighted by molar-refractivity contribution is -0.133. The van der Waals surface area contributed by atoms with E-state index in [1.807, 2.05) is 18.7 Å². The molecule has 0 aromatic heterocycles. The van der Waals surface area contributed by atoms with Gasteiger partial charge in [-0.2, -0.15) is 0 Å². The molecule has 0 aromatic rings. The van der Waals surface area contributed by atoms with E-state index in [0.717, 1.165) is 38.4 Å². The van der Waals surface area contributed by atoms with Crippen LogP contribution in [0.1, 0.15) is 47.5 Å². The van der Waals surface area contributed by atoms with Crippen molar-refractivity contribution in [3.05, 3.63) is 0 Å². The SMILES string of the molecule is CN=C(NCCC(C)(C)C)NC1CCN(C(=O)C(C)C)C1. The van der Waals surface area contributed by atoms with E-state index in [-0.39, 0.29) is 11.8 Å². The zero-order valence-electron chi connectivity index (χ0n) is 14.5. The van der Waals surface area contributed by atoms with Crippen LogP contribution in [0.25, 0.3) is 0 Å². The van der Waals surface area contributed by atoms with Gasteiger partial charge in [-0.3, -0.25) is 9.79 Å². The number of nitrogens with one attached hydrogen (secondary N) is 2. The Balaban J connectivity index is 2.37. The maximum Gasteiger partial charge on any atom is 0.225 e. The second-order valence-electron chi connectivity index (χ2n) is 7.38. The Labute approximate surface area is 129 Å². The Hall–Kier alpha value is -1.26. The standard InChI is InChI=1S/C16H32N4O/c1-12(2)14(21)20-10-7-13(11-20)19-15(17-6)18-9-8-16(3,4)5/h12-13H,7-11H2,1-6H3,(H2,17,18,19). The molecular weight excluding hydrogens is 264 g/mol. The quantitative estimate of drug-likeness (QED) is 0.615. The maximum absolute atomic E-state index is 12.0. The van der Waals surface area contributed by atoms with Crippen molar-refractivity contribution in [1.82, 2.24) is 15.5 Å². The minimum absolute atomic E-state index is 0.0768. The van der Waals surface area contributed by atoms with Crippen LogP contribution in [0.15, 0.2) is 4.99 Å². The molecule has 1 atom stereocenters. The number of amides is 1. The molecule has 1 aliphatic rings. The fraction of sp³-hybridized carbons (Fsp3) is 0.875. The molecule has 0 aliphatic carbocycles. The van der Waals surface area contributed by atoms with Crippen molar-refractivity contribution < 1.29 is 4.79 Å². The largest absolute Gasteiger partial charge is 0.356 e. The summed E-state index contributed by atoms with van der Waals surface area (Å²) in [5.74, 6) is 1.16. The molecule has 1 aliphatic heterocycles. The van der Waals surface area contributed by atoms with Crippen LogP contribution in [0.2, 0.25) is 0 Å². The first-order valence-corrected chi connectivity index (χ1v) is 7.99. The number of aliphatic imine (C=N–C) groups is 1. The average molecular weight is 296 g/mol. The van der Waals surface area contributed by atoms with Gasteiger partial charge in [0.05, 0.1) is 0 Å². The summed E-state index contributed by atoms with van der Waals surface area (Å²) in [6.07, 6.45) is 2.08. The third-order valence-electron chi connectivity index (χ3n) is 3.73. The first-order valence-electron chi connectivity index (χ1n) is 7.99. The van der Waals surface area contributed by atoms with Crippen LogP contribution in [0.4, 0.5) is 0 Å². The molecule has 1 saturated heterocycles. The Morgan fingerprint density at radius 1 is 1.38 bits per heavy atom. The molecule has 5 heteroatoms. The predicted octanol–water partition coefficient (Wildman–Crippen LogP) is 1.84. The summed E-state index contributed by atoms with van der Waals surface area (Å²) in [5.41, 5.74) is 0.319. The monoisotopic (exact) mass is 296 g/mol. The summed E-state index contributed by atoms with van der Waals surface area (Å²) in [6.45, 7) is 13.1. The minimum atomic E-state index is 0.0768. The lowest BCUT2D eigenvalue weighted by Crippen LogP contribution is -2.45. The first-order chi connectivity index (χ1) is 9.73. The van der Waals surface area contributed by atoms with Gasteiger partial charge in [-0.1, -0.05) is 34.6 Å². The van der Waals surface area contributed by atoms with Gasteiger partial charge in [0.2, 0.25) is 5.91 Å². The van der Waals surface area contributed by atoms with Crippen molar-refractivity contribution in [2.75, 3.05) is 26.7 Å². The van der Waals surface area contributed by atoms with Gasteiger partial charge in [-0.25, -0.2) is 0 Å². The molecule has 1 unspecified atom stereocenters. The lowest BCUT2D eigenvalue weighted by Gasteiger charge is -2.22. The van der Waals surface area contributed by atoms with Crippen LogP contribution in [0, 0.1) is 11.3 Å². The molecule has 1 heterocycles. The minimum Gasteiger partial charge on any atom is -0.356 e. The third-order valence-corrected chi connectivity index (χ3v) is 3.73. The zero-order chi connectivity index (χ0) is 16.0. The number of hydrogen-bond donors (Lipinski definition) is 2. The molecule has 122 valence electrons. The van der Waals surface area contributed by atoms with Crippen molar-refractivity contribution in [2.45, 2.75) is 53.5 Å². The van der Waals surface area contributed by atoms with Crippen LogP contribution >= 0.6 is 0 Å². The average Bonchev–Trinajstić information content (AvgIpc) is 2.83. The second-order valence-corrected chi connectivity index (χ2v) is 7.38. The Kier molecular flexibility index (Phi) is 6.49. The molecular formula is C16H32N4O. The van der Waals surface area contributed by atoms with Gasteiger partial charge in [-0.15, -0.1) is 0 Å². The highest BCUT2D eigenvalue weighted by molar-refractivity contribution is 5.81. The topological polar surface area (TPSA) is 56.7 Å². The van der Waals surface area contributed by atoms with Gasteiger partial charge in [0.15, 0.2) is 5.96 Å².